The Morgan fingerprint density at radius 3 is 1.45 bits per heavy atom. The van der Waals surface area contributed by atoms with Gasteiger partial charge in [-0.15, -0.1) is 0 Å². The first kappa shape index (κ1) is 66.2. The maximum absolute atomic E-state index is 14.2. The lowest BCUT2D eigenvalue weighted by Gasteiger charge is -2.30. The van der Waals surface area contributed by atoms with Gasteiger partial charge >= 0.3 is 11.9 Å². The van der Waals surface area contributed by atoms with Gasteiger partial charge < -0.3 is 79.7 Å². The van der Waals surface area contributed by atoms with E-state index >= 15 is 0 Å². The third-order valence-electron chi connectivity index (χ3n) is 12.4. The van der Waals surface area contributed by atoms with Crippen molar-refractivity contribution in [1.29, 1.82) is 0 Å². The zero-order valence-electron chi connectivity index (χ0n) is 44.1. The van der Waals surface area contributed by atoms with E-state index in [1.165, 1.54) is 6.92 Å². The van der Waals surface area contributed by atoms with Crippen LogP contribution in [0.2, 0.25) is 0 Å². The number of rotatable bonds is 35. The summed E-state index contributed by atoms with van der Waals surface area (Å²) in [6.45, 7) is 11.2. The first-order valence-electron chi connectivity index (χ1n) is 25.2. The largest absolute Gasteiger partial charge is 0.481 e. The summed E-state index contributed by atoms with van der Waals surface area (Å²) in [6, 6.07) is -3.10. The van der Waals surface area contributed by atoms with Crippen molar-refractivity contribution < 1.29 is 73.2 Å². The molecule has 0 aliphatic heterocycles. The van der Waals surface area contributed by atoms with Gasteiger partial charge in [-0.05, 0) is 69.4 Å². The van der Waals surface area contributed by atoms with Gasteiger partial charge in [0.1, 0.15) is 48.3 Å². The van der Waals surface area contributed by atoms with Crippen molar-refractivity contribution in [2.24, 2.45) is 29.2 Å². The zero-order chi connectivity index (χ0) is 57.1. The third-order valence-corrected chi connectivity index (χ3v) is 12.4. The first-order chi connectivity index (χ1) is 35.2. The molecule has 26 heteroatoms. The number of aliphatic hydroxyl groups is 2. The first-order valence-corrected chi connectivity index (χ1v) is 25.2. The second-order valence-corrected chi connectivity index (χ2v) is 18.9. The van der Waals surface area contributed by atoms with E-state index in [1.807, 2.05) is 0 Å². The maximum atomic E-state index is 14.2. The predicted octanol–water partition coefficient (Wildman–Crippen LogP) is -3.23. The van der Waals surface area contributed by atoms with Gasteiger partial charge in [0.2, 0.25) is 53.2 Å². The number of carboxylic acid groups (broad SMARTS) is 2. The molecule has 0 heterocycles. The molecule has 1 rings (SSSR count). The van der Waals surface area contributed by atoms with Crippen LogP contribution in [0.5, 0.6) is 0 Å². The molecule has 0 saturated carbocycles. The van der Waals surface area contributed by atoms with Crippen molar-refractivity contribution in [2.75, 3.05) is 19.6 Å². The molecule has 1 aromatic carbocycles. The van der Waals surface area contributed by atoms with Gasteiger partial charge in [0.05, 0.1) is 25.3 Å². The molecule has 75 heavy (non-hydrogen) atoms. The lowest BCUT2D eigenvalue weighted by atomic mass is 9.96. The van der Waals surface area contributed by atoms with Crippen LogP contribution in [-0.4, -0.2) is 166 Å². The summed E-state index contributed by atoms with van der Waals surface area (Å²) in [7, 11) is 0. The Morgan fingerprint density at radius 2 is 0.960 bits per heavy atom. The van der Waals surface area contributed by atoms with Crippen LogP contribution in [0.25, 0.3) is 0 Å². The van der Waals surface area contributed by atoms with Crippen molar-refractivity contribution in [3.05, 3.63) is 35.9 Å². The van der Waals surface area contributed by atoms with Crippen molar-refractivity contribution in [3.8, 4) is 0 Å². The number of unbranched alkanes of at least 4 members (excludes halogenated alkanes) is 1. The molecule has 1 aromatic rings. The highest BCUT2D eigenvalue weighted by Gasteiger charge is 2.37. The molecule has 12 atom stereocenters. The minimum atomic E-state index is -1.76. The lowest BCUT2D eigenvalue weighted by molar-refractivity contribution is -0.144. The van der Waals surface area contributed by atoms with Gasteiger partial charge in [-0.1, -0.05) is 84.7 Å². The van der Waals surface area contributed by atoms with Crippen LogP contribution >= 0.6 is 0 Å². The summed E-state index contributed by atoms with van der Waals surface area (Å²) in [5.41, 5.74) is 11.6. The Labute approximate surface area is 437 Å². The number of hydrogen-bond donors (Lipinski definition) is 15. The highest BCUT2D eigenvalue weighted by molar-refractivity contribution is 5.98. The molecule has 0 aliphatic rings. The number of nitrogens with two attached hydrogens (primary N) is 2. The standard InChI is InChI=1S/C49H81N11O15/c1-9-26(5)38(59-48(73)41(29(8)62)56-34(63)23-51)46(71)54-31(18-14-15-21-50)42(67)55-33(22-30-16-12-11-13-17-30)44(69)60-40(28(7)61)45(70)52-24-35(64)53-32(19-20-36(65)66)43(68)58-39(27(6)10-2)47(72)57-37(25(3)4)49(74)75/h11-13,16-17,25-29,31-33,37-41,61-62H,9-10,14-15,18-24,50-51H2,1-8H3,(H,52,70)(H,53,64)(H,54,71)(H,55,67)(H,56,63)(H,57,72)(H,58,68)(H,59,73)(H,60,69)(H,65,66)(H,74,75)/t26-,27-,28+,29+,31-,32-,33-,37-,38-,39-,40-,41-/m0/s1. The lowest BCUT2D eigenvalue weighted by Crippen LogP contribution is -2.62. The van der Waals surface area contributed by atoms with Gasteiger partial charge in [-0.2, -0.15) is 0 Å². The molecule has 0 saturated heterocycles. The molecule has 0 aromatic heterocycles. The molecule has 0 radical (unpaired) electrons. The third kappa shape index (κ3) is 23.5. The van der Waals surface area contributed by atoms with Gasteiger partial charge in [0.15, 0.2) is 0 Å². The molecular weight excluding hydrogens is 983 g/mol. The molecule has 17 N–H and O–H groups in total. The van der Waals surface area contributed by atoms with E-state index in [0.717, 1.165) is 6.92 Å². The number of amides is 9. The van der Waals surface area contributed by atoms with Crippen molar-refractivity contribution >= 4 is 65.1 Å². The van der Waals surface area contributed by atoms with E-state index in [4.69, 9.17) is 11.5 Å². The average molecular weight is 1060 g/mol. The van der Waals surface area contributed by atoms with Crippen LogP contribution < -0.4 is 59.3 Å². The molecule has 0 fully saturated rings. The summed E-state index contributed by atoms with van der Waals surface area (Å²) in [4.78, 5) is 145. The predicted molar refractivity (Wildman–Crippen MR) is 272 cm³/mol. The monoisotopic (exact) mass is 1060 g/mol. The Morgan fingerprint density at radius 1 is 0.507 bits per heavy atom. The summed E-state index contributed by atoms with van der Waals surface area (Å²) in [6.07, 6.45) is -2.78. The van der Waals surface area contributed by atoms with Crippen molar-refractivity contribution in [1.82, 2.24) is 47.9 Å². The number of carboxylic acids is 2. The molecule has 9 amide bonds. The average Bonchev–Trinajstić information content (AvgIpc) is 3.35. The van der Waals surface area contributed by atoms with Crippen LogP contribution in [0.3, 0.4) is 0 Å². The smallest absolute Gasteiger partial charge is 0.326 e. The van der Waals surface area contributed by atoms with Crippen LogP contribution in [0.15, 0.2) is 30.3 Å². The second kappa shape index (κ2) is 33.9. The Hall–Kier alpha value is -6.77. The fourth-order valence-electron chi connectivity index (χ4n) is 7.37. The maximum Gasteiger partial charge on any atom is 0.326 e. The summed E-state index contributed by atoms with van der Waals surface area (Å²) >= 11 is 0. The van der Waals surface area contributed by atoms with E-state index < -0.39 is 169 Å². The van der Waals surface area contributed by atoms with E-state index in [0.29, 0.717) is 31.2 Å². The SMILES string of the molecule is CC[C@H](C)[C@H](NC(=O)[C@H](CCC(=O)O)NC(=O)CNC(=O)[C@@H](NC(=O)[C@H](Cc1ccccc1)NC(=O)[C@H](CCCCN)NC(=O)[C@@H](NC(=O)[C@@H](NC(=O)CN)[C@@H](C)O)[C@@H](C)CC)[C@@H](C)O)C(=O)N[C@H](C(=O)O)C(C)C. The zero-order valence-corrected chi connectivity index (χ0v) is 44.1. The van der Waals surface area contributed by atoms with E-state index in [9.17, 15) is 73.2 Å². The molecule has 0 aliphatic carbocycles. The molecule has 0 unspecified atom stereocenters. The molecule has 0 bridgehead atoms. The normalized spacial score (nSPS) is 16.0. The minimum Gasteiger partial charge on any atom is -0.481 e. The summed E-state index contributed by atoms with van der Waals surface area (Å²) < 4.78 is 0. The topological polar surface area (TPSA) is 429 Å². The van der Waals surface area contributed by atoms with Gasteiger partial charge in [0, 0.05) is 12.8 Å². The van der Waals surface area contributed by atoms with E-state index in [2.05, 4.69) is 47.9 Å². The Bertz CT molecular complexity index is 2080. The minimum absolute atomic E-state index is 0.0113. The van der Waals surface area contributed by atoms with Crippen LogP contribution in [-0.2, 0) is 59.2 Å². The quantitative estimate of drug-likeness (QED) is 0.0297. The van der Waals surface area contributed by atoms with Crippen molar-refractivity contribution in [3.63, 3.8) is 0 Å². The van der Waals surface area contributed by atoms with Crippen LogP contribution in [0, 0.1) is 17.8 Å². The molecular formula is C49H81N11O15. The molecule has 0 spiro atoms. The number of carbonyl (C=O) groups is 11. The van der Waals surface area contributed by atoms with Gasteiger partial charge in [-0.25, -0.2) is 4.79 Å². The number of carbonyl (C=O) groups excluding carboxylic acids is 9. The number of aliphatic hydroxyl groups excluding tert-OH is 2. The van der Waals surface area contributed by atoms with Crippen molar-refractivity contribution in [2.45, 2.75) is 167 Å². The number of hydrogen-bond acceptors (Lipinski definition) is 15. The van der Waals surface area contributed by atoms with Gasteiger partial charge in [0.25, 0.3) is 0 Å². The Kier molecular flexibility index (Phi) is 30.0. The van der Waals surface area contributed by atoms with E-state index in [1.54, 1.807) is 71.9 Å². The molecule has 26 nitrogen and oxygen atoms in total. The summed E-state index contributed by atoms with van der Waals surface area (Å²) in [5.74, 6) is -12.4. The summed E-state index contributed by atoms with van der Waals surface area (Å²) in [5, 5.41) is 62.0. The number of nitrogens with one attached hydrogen (secondary N) is 9. The highest BCUT2D eigenvalue weighted by atomic mass is 16.4. The van der Waals surface area contributed by atoms with E-state index in [-0.39, 0.29) is 19.4 Å². The fourth-order valence-corrected chi connectivity index (χ4v) is 7.37. The molecule has 422 valence electrons. The Balaban J connectivity index is 3.42. The highest BCUT2D eigenvalue weighted by Crippen LogP contribution is 2.14. The number of aliphatic carboxylic acids is 2. The van der Waals surface area contributed by atoms with Crippen LogP contribution in [0.4, 0.5) is 0 Å². The van der Waals surface area contributed by atoms with Crippen LogP contribution in [0.1, 0.15) is 106 Å². The second-order valence-electron chi connectivity index (χ2n) is 18.9. The number of benzene rings is 1. The fraction of sp³-hybridized carbons (Fsp3) is 0.653. The van der Waals surface area contributed by atoms with Gasteiger partial charge in [-0.3, -0.25) is 47.9 Å².